The SMILES string of the molecule is CCOC1(c2ncc(CN)s2)CCCC(C)C1. The number of ether oxygens (including phenoxy) is 1. The number of thiazole rings is 1. The number of aromatic nitrogens is 1. The molecule has 4 heteroatoms. The fourth-order valence-electron chi connectivity index (χ4n) is 2.78. The molecule has 1 fully saturated rings. The summed E-state index contributed by atoms with van der Waals surface area (Å²) < 4.78 is 6.09. The molecule has 1 saturated carbocycles. The lowest BCUT2D eigenvalue weighted by molar-refractivity contribution is -0.0820. The Kier molecular flexibility index (Phi) is 4.17. The summed E-state index contributed by atoms with van der Waals surface area (Å²) in [5.41, 5.74) is 5.53. The van der Waals surface area contributed by atoms with E-state index in [4.69, 9.17) is 10.5 Å². The lowest BCUT2D eigenvalue weighted by Gasteiger charge is -2.38. The Morgan fingerprint density at radius 1 is 1.65 bits per heavy atom. The predicted molar refractivity (Wildman–Crippen MR) is 70.9 cm³/mol. The normalized spacial score (nSPS) is 29.5. The van der Waals surface area contributed by atoms with Crippen LogP contribution in [0.2, 0.25) is 0 Å². The second kappa shape index (κ2) is 5.46. The largest absolute Gasteiger partial charge is 0.368 e. The molecule has 1 aromatic heterocycles. The van der Waals surface area contributed by atoms with Crippen LogP contribution in [0.15, 0.2) is 6.20 Å². The second-order valence-corrected chi connectivity index (χ2v) is 6.08. The molecule has 0 bridgehead atoms. The minimum absolute atomic E-state index is 0.134. The Morgan fingerprint density at radius 3 is 3.06 bits per heavy atom. The van der Waals surface area contributed by atoms with Crippen molar-refractivity contribution in [3.05, 3.63) is 16.1 Å². The first kappa shape index (κ1) is 13.0. The molecular formula is C13H22N2OS. The highest BCUT2D eigenvalue weighted by molar-refractivity contribution is 7.11. The van der Waals surface area contributed by atoms with Crippen molar-refractivity contribution >= 4 is 11.3 Å². The van der Waals surface area contributed by atoms with Crippen LogP contribution in [-0.2, 0) is 16.9 Å². The van der Waals surface area contributed by atoms with Gasteiger partial charge in [-0.25, -0.2) is 4.98 Å². The summed E-state index contributed by atoms with van der Waals surface area (Å²) >= 11 is 1.72. The highest BCUT2D eigenvalue weighted by atomic mass is 32.1. The van der Waals surface area contributed by atoms with Crippen LogP contribution in [0.25, 0.3) is 0 Å². The van der Waals surface area contributed by atoms with Crippen molar-refractivity contribution in [3.8, 4) is 0 Å². The zero-order valence-electron chi connectivity index (χ0n) is 10.7. The molecule has 2 N–H and O–H groups in total. The van der Waals surface area contributed by atoms with E-state index in [-0.39, 0.29) is 5.60 Å². The molecule has 0 radical (unpaired) electrons. The molecule has 0 amide bonds. The average molecular weight is 254 g/mol. The Bertz CT molecular complexity index is 362. The van der Waals surface area contributed by atoms with Crippen LogP contribution in [0.4, 0.5) is 0 Å². The van der Waals surface area contributed by atoms with Crippen molar-refractivity contribution in [1.29, 1.82) is 0 Å². The first-order chi connectivity index (χ1) is 8.20. The van der Waals surface area contributed by atoms with Crippen LogP contribution in [0.1, 0.15) is 49.4 Å². The molecule has 2 unspecified atom stereocenters. The molecule has 3 nitrogen and oxygen atoms in total. The summed E-state index contributed by atoms with van der Waals surface area (Å²) in [6.45, 7) is 5.71. The Labute approximate surface area is 107 Å². The van der Waals surface area contributed by atoms with E-state index in [1.165, 1.54) is 12.8 Å². The summed E-state index contributed by atoms with van der Waals surface area (Å²) in [5.74, 6) is 0.723. The predicted octanol–water partition coefficient (Wildman–Crippen LogP) is 3.04. The minimum atomic E-state index is -0.134. The van der Waals surface area contributed by atoms with Crippen LogP contribution in [-0.4, -0.2) is 11.6 Å². The van der Waals surface area contributed by atoms with Gasteiger partial charge in [0, 0.05) is 24.2 Å². The topological polar surface area (TPSA) is 48.1 Å². The van der Waals surface area contributed by atoms with E-state index in [0.29, 0.717) is 6.54 Å². The van der Waals surface area contributed by atoms with Crippen LogP contribution in [0.5, 0.6) is 0 Å². The van der Waals surface area contributed by atoms with Crippen molar-refractivity contribution < 1.29 is 4.74 Å². The Morgan fingerprint density at radius 2 is 2.47 bits per heavy atom. The van der Waals surface area contributed by atoms with Crippen molar-refractivity contribution in [1.82, 2.24) is 4.98 Å². The van der Waals surface area contributed by atoms with Crippen LogP contribution in [0.3, 0.4) is 0 Å². The molecule has 96 valence electrons. The molecule has 17 heavy (non-hydrogen) atoms. The lowest BCUT2D eigenvalue weighted by atomic mass is 9.79. The summed E-state index contributed by atoms with van der Waals surface area (Å²) in [7, 11) is 0. The van der Waals surface area contributed by atoms with Gasteiger partial charge in [0.05, 0.1) is 0 Å². The van der Waals surface area contributed by atoms with Crippen molar-refractivity contribution in [3.63, 3.8) is 0 Å². The molecule has 0 aliphatic heterocycles. The first-order valence-electron chi connectivity index (χ1n) is 6.49. The van der Waals surface area contributed by atoms with Gasteiger partial charge < -0.3 is 10.5 Å². The molecule has 1 aliphatic carbocycles. The van der Waals surface area contributed by atoms with Gasteiger partial charge in [-0.05, 0) is 32.1 Å². The highest BCUT2D eigenvalue weighted by Crippen LogP contribution is 2.44. The van der Waals surface area contributed by atoms with E-state index in [2.05, 4.69) is 18.8 Å². The van der Waals surface area contributed by atoms with Crippen molar-refractivity contribution in [2.75, 3.05) is 6.61 Å². The van der Waals surface area contributed by atoms with Gasteiger partial charge in [0.1, 0.15) is 10.6 Å². The minimum Gasteiger partial charge on any atom is -0.368 e. The summed E-state index contributed by atoms with van der Waals surface area (Å²) in [5, 5.41) is 1.13. The van der Waals surface area contributed by atoms with E-state index in [1.54, 1.807) is 11.3 Å². The van der Waals surface area contributed by atoms with Gasteiger partial charge >= 0.3 is 0 Å². The molecule has 1 aromatic rings. The number of nitrogens with zero attached hydrogens (tertiary/aromatic N) is 1. The fourth-order valence-corrected chi connectivity index (χ4v) is 3.75. The van der Waals surface area contributed by atoms with Gasteiger partial charge in [-0.1, -0.05) is 13.3 Å². The molecule has 2 atom stereocenters. The number of rotatable bonds is 4. The van der Waals surface area contributed by atoms with Crippen LogP contribution < -0.4 is 5.73 Å². The van der Waals surface area contributed by atoms with Gasteiger partial charge in [0.15, 0.2) is 0 Å². The first-order valence-corrected chi connectivity index (χ1v) is 7.31. The summed E-state index contributed by atoms with van der Waals surface area (Å²) in [4.78, 5) is 5.70. The standard InChI is InChI=1S/C13H22N2OS/c1-3-16-13(6-4-5-10(2)7-13)12-15-9-11(8-14)17-12/h9-10H,3-8,14H2,1-2H3. The van der Waals surface area contributed by atoms with E-state index < -0.39 is 0 Å². The van der Waals surface area contributed by atoms with Gasteiger partial charge in [-0.15, -0.1) is 11.3 Å². The quantitative estimate of drug-likeness (QED) is 0.898. The van der Waals surface area contributed by atoms with Crippen LogP contribution >= 0.6 is 11.3 Å². The summed E-state index contributed by atoms with van der Waals surface area (Å²) in [6.07, 6.45) is 6.64. The monoisotopic (exact) mass is 254 g/mol. The maximum atomic E-state index is 6.09. The molecule has 1 heterocycles. The van der Waals surface area contributed by atoms with E-state index in [9.17, 15) is 0 Å². The average Bonchev–Trinajstić information content (AvgIpc) is 2.78. The maximum Gasteiger partial charge on any atom is 0.125 e. The van der Waals surface area contributed by atoms with Crippen LogP contribution in [0, 0.1) is 5.92 Å². The highest BCUT2D eigenvalue weighted by Gasteiger charge is 2.39. The van der Waals surface area contributed by atoms with Gasteiger partial charge in [-0.3, -0.25) is 0 Å². The number of hydrogen-bond acceptors (Lipinski definition) is 4. The van der Waals surface area contributed by atoms with Crippen molar-refractivity contribution in [2.45, 2.75) is 51.7 Å². The maximum absolute atomic E-state index is 6.09. The number of hydrogen-bond donors (Lipinski definition) is 1. The zero-order valence-corrected chi connectivity index (χ0v) is 11.6. The third kappa shape index (κ3) is 2.69. The van der Waals surface area contributed by atoms with Crippen molar-refractivity contribution in [2.24, 2.45) is 11.7 Å². The molecule has 1 aliphatic rings. The lowest BCUT2D eigenvalue weighted by Crippen LogP contribution is -2.35. The van der Waals surface area contributed by atoms with Gasteiger partial charge in [0.2, 0.25) is 0 Å². The fraction of sp³-hybridized carbons (Fsp3) is 0.769. The van der Waals surface area contributed by atoms with E-state index in [0.717, 1.165) is 35.3 Å². The zero-order chi connectivity index (χ0) is 12.3. The molecule has 0 aromatic carbocycles. The smallest absolute Gasteiger partial charge is 0.125 e. The van der Waals surface area contributed by atoms with E-state index >= 15 is 0 Å². The Hall–Kier alpha value is -0.450. The van der Waals surface area contributed by atoms with E-state index in [1.807, 2.05) is 6.20 Å². The Balaban J connectivity index is 2.26. The molecular weight excluding hydrogens is 232 g/mol. The summed E-state index contributed by atoms with van der Waals surface area (Å²) in [6, 6.07) is 0. The third-order valence-electron chi connectivity index (χ3n) is 3.52. The van der Waals surface area contributed by atoms with Gasteiger partial charge in [-0.2, -0.15) is 0 Å². The van der Waals surface area contributed by atoms with Gasteiger partial charge in [0.25, 0.3) is 0 Å². The molecule has 0 spiro atoms. The second-order valence-electron chi connectivity index (χ2n) is 4.96. The molecule has 2 rings (SSSR count). The number of nitrogens with two attached hydrogens (primary N) is 1. The third-order valence-corrected chi connectivity index (χ3v) is 4.73. The molecule has 0 saturated heterocycles.